The van der Waals surface area contributed by atoms with Crippen molar-refractivity contribution in [3.05, 3.63) is 49.6 Å². The van der Waals surface area contributed by atoms with Crippen LogP contribution in [0, 0.1) is 0 Å². The molecule has 1 aliphatic rings. The van der Waals surface area contributed by atoms with E-state index in [1.54, 1.807) is 0 Å². The van der Waals surface area contributed by atoms with Crippen LogP contribution in [-0.4, -0.2) is 37.1 Å². The van der Waals surface area contributed by atoms with Gasteiger partial charge in [-0.15, -0.1) is 11.3 Å². The normalized spacial score (nSPS) is 18.7. The predicted molar refractivity (Wildman–Crippen MR) is 133 cm³/mol. The molecule has 164 valence electrons. The molecule has 1 amide bonds. The fourth-order valence-electron chi connectivity index (χ4n) is 3.95. The van der Waals surface area contributed by atoms with Crippen molar-refractivity contribution in [2.45, 2.75) is 37.8 Å². The molecular weight excluding hydrogens is 475 g/mol. The quantitative estimate of drug-likeness (QED) is 0.424. The maximum atomic E-state index is 12.6. The van der Waals surface area contributed by atoms with Gasteiger partial charge in [-0.2, -0.15) is 0 Å². The highest BCUT2D eigenvalue weighted by molar-refractivity contribution is 7.19. The van der Waals surface area contributed by atoms with Gasteiger partial charge in [-0.3, -0.25) is 4.79 Å². The maximum Gasteiger partial charge on any atom is 0.263 e. The average molecular weight is 498 g/mol. The topological polar surface area (TPSA) is 57.3 Å². The molecule has 0 aliphatic heterocycles. The third-order valence-corrected chi connectivity index (χ3v) is 8.12. The molecule has 0 spiro atoms. The standard InChI is InChI=1S/C22H23Cl3N4OS/c1-29(2)16-11-17(28-15-6-4-3-5-14(15)16)26-12-7-9-13(10-8-12)27-22(30)20-18(23)19(24)21(25)31-20/h3-6,11-13H,7-10H2,1-2H3,(H,26,28)(H,27,30). The summed E-state index contributed by atoms with van der Waals surface area (Å²) in [6.07, 6.45) is 3.64. The largest absolute Gasteiger partial charge is 0.377 e. The van der Waals surface area contributed by atoms with Crippen LogP contribution in [0.25, 0.3) is 10.9 Å². The summed E-state index contributed by atoms with van der Waals surface area (Å²) < 4.78 is 0.338. The van der Waals surface area contributed by atoms with Gasteiger partial charge in [0.05, 0.1) is 15.6 Å². The highest BCUT2D eigenvalue weighted by Gasteiger charge is 2.26. The number of carbonyl (C=O) groups is 1. The number of pyridine rings is 1. The third-order valence-electron chi connectivity index (χ3n) is 5.55. The molecule has 0 bridgehead atoms. The van der Waals surface area contributed by atoms with Gasteiger partial charge in [0, 0.05) is 43.3 Å². The lowest BCUT2D eigenvalue weighted by atomic mass is 9.91. The van der Waals surface area contributed by atoms with Crippen LogP contribution in [0.3, 0.4) is 0 Å². The van der Waals surface area contributed by atoms with Crippen LogP contribution >= 0.6 is 46.1 Å². The number of thiophene rings is 1. The van der Waals surface area contributed by atoms with E-state index in [1.807, 2.05) is 32.3 Å². The zero-order chi connectivity index (χ0) is 22.1. The minimum Gasteiger partial charge on any atom is -0.377 e. The molecule has 1 aliphatic carbocycles. The second kappa shape index (κ2) is 9.41. The van der Waals surface area contributed by atoms with E-state index in [9.17, 15) is 4.79 Å². The molecule has 0 saturated heterocycles. The maximum absolute atomic E-state index is 12.6. The summed E-state index contributed by atoms with van der Waals surface area (Å²) >= 11 is 19.2. The molecule has 3 aromatic rings. The lowest BCUT2D eigenvalue weighted by molar-refractivity contribution is 0.0931. The molecule has 0 unspecified atom stereocenters. The molecule has 9 heteroatoms. The van der Waals surface area contributed by atoms with E-state index < -0.39 is 0 Å². The van der Waals surface area contributed by atoms with E-state index in [0.717, 1.165) is 59.4 Å². The van der Waals surface area contributed by atoms with Gasteiger partial charge in [-0.1, -0.05) is 53.0 Å². The smallest absolute Gasteiger partial charge is 0.263 e. The zero-order valence-corrected chi connectivity index (χ0v) is 20.3. The zero-order valence-electron chi connectivity index (χ0n) is 17.2. The van der Waals surface area contributed by atoms with Crippen molar-refractivity contribution in [1.82, 2.24) is 10.3 Å². The van der Waals surface area contributed by atoms with Gasteiger partial charge < -0.3 is 15.5 Å². The molecule has 1 fully saturated rings. The molecule has 2 aromatic heterocycles. The lowest BCUT2D eigenvalue weighted by Crippen LogP contribution is -2.40. The fourth-order valence-corrected chi connectivity index (χ4v) is 5.66. The number of benzene rings is 1. The summed E-state index contributed by atoms with van der Waals surface area (Å²) in [6, 6.07) is 10.7. The monoisotopic (exact) mass is 496 g/mol. The SMILES string of the molecule is CN(C)c1cc(NC2CCC(NC(=O)c3sc(Cl)c(Cl)c3Cl)CC2)nc2ccccc12. The van der Waals surface area contributed by atoms with Gasteiger partial charge in [-0.25, -0.2) is 4.98 Å². The lowest BCUT2D eigenvalue weighted by Gasteiger charge is -2.30. The molecule has 1 saturated carbocycles. The first kappa shape index (κ1) is 22.5. The van der Waals surface area contributed by atoms with Gasteiger partial charge in [0.15, 0.2) is 0 Å². The number of para-hydroxylation sites is 1. The van der Waals surface area contributed by atoms with E-state index in [-0.39, 0.29) is 22.0 Å². The van der Waals surface area contributed by atoms with Crippen LogP contribution < -0.4 is 15.5 Å². The van der Waals surface area contributed by atoms with Crippen molar-refractivity contribution in [2.75, 3.05) is 24.3 Å². The molecule has 31 heavy (non-hydrogen) atoms. The first-order valence-corrected chi connectivity index (χ1v) is 12.1. The van der Waals surface area contributed by atoms with E-state index in [4.69, 9.17) is 39.8 Å². The molecule has 5 nitrogen and oxygen atoms in total. The molecule has 2 N–H and O–H groups in total. The van der Waals surface area contributed by atoms with Crippen molar-refractivity contribution < 1.29 is 4.79 Å². The second-order valence-corrected chi connectivity index (χ2v) is 10.3. The summed E-state index contributed by atoms with van der Waals surface area (Å²) in [4.78, 5) is 19.8. The van der Waals surface area contributed by atoms with E-state index >= 15 is 0 Å². The Morgan fingerprint density at radius 1 is 1.06 bits per heavy atom. The number of hydrogen-bond acceptors (Lipinski definition) is 5. The number of nitrogens with one attached hydrogen (secondary N) is 2. The summed E-state index contributed by atoms with van der Waals surface area (Å²) in [6.45, 7) is 0. The highest BCUT2D eigenvalue weighted by atomic mass is 35.5. The van der Waals surface area contributed by atoms with Crippen molar-refractivity contribution >= 4 is 74.5 Å². The molecule has 0 atom stereocenters. The minimum absolute atomic E-state index is 0.100. The minimum atomic E-state index is -0.216. The number of nitrogens with zero attached hydrogens (tertiary/aromatic N) is 2. The van der Waals surface area contributed by atoms with Crippen LogP contribution in [0.2, 0.25) is 14.4 Å². The van der Waals surface area contributed by atoms with Crippen molar-refractivity contribution in [1.29, 1.82) is 0 Å². The molecule has 2 heterocycles. The summed E-state index contributed by atoms with van der Waals surface area (Å²) in [5.41, 5.74) is 2.11. The van der Waals surface area contributed by atoms with Crippen LogP contribution in [0.15, 0.2) is 30.3 Å². The first-order valence-electron chi connectivity index (χ1n) is 10.1. The van der Waals surface area contributed by atoms with Gasteiger partial charge in [0.25, 0.3) is 5.91 Å². The second-order valence-electron chi connectivity index (χ2n) is 7.94. The van der Waals surface area contributed by atoms with Crippen molar-refractivity contribution in [2.24, 2.45) is 0 Å². The number of hydrogen-bond donors (Lipinski definition) is 2. The van der Waals surface area contributed by atoms with Crippen molar-refractivity contribution in [3.63, 3.8) is 0 Å². The molecular formula is C22H23Cl3N4OS. The van der Waals surface area contributed by atoms with Crippen LogP contribution in [0.1, 0.15) is 35.4 Å². The number of carbonyl (C=O) groups excluding carboxylic acids is 1. The summed E-state index contributed by atoms with van der Waals surface area (Å²) in [5, 5.41) is 8.26. The Balaban J connectivity index is 1.38. The van der Waals surface area contributed by atoms with Gasteiger partial charge in [0.2, 0.25) is 0 Å². The van der Waals surface area contributed by atoms with Gasteiger partial charge in [-0.05, 0) is 31.7 Å². The molecule has 0 radical (unpaired) electrons. The Labute approximate surface area is 200 Å². The van der Waals surface area contributed by atoms with Gasteiger partial charge in [0.1, 0.15) is 15.0 Å². The number of rotatable bonds is 5. The predicted octanol–water partition coefficient (Wildman–Crippen LogP) is 6.48. The first-order chi connectivity index (χ1) is 14.8. The van der Waals surface area contributed by atoms with Crippen LogP contribution in [0.4, 0.5) is 11.5 Å². The number of fused-ring (bicyclic) bond motifs is 1. The highest BCUT2D eigenvalue weighted by Crippen LogP contribution is 2.40. The van der Waals surface area contributed by atoms with Crippen LogP contribution in [-0.2, 0) is 0 Å². The number of halogens is 3. The van der Waals surface area contributed by atoms with Crippen LogP contribution in [0.5, 0.6) is 0 Å². The van der Waals surface area contributed by atoms with E-state index in [1.165, 1.54) is 0 Å². The Morgan fingerprint density at radius 2 is 1.74 bits per heavy atom. The Hall–Kier alpha value is -1.73. The average Bonchev–Trinajstić information content (AvgIpc) is 3.02. The summed E-state index contributed by atoms with van der Waals surface area (Å²) in [5.74, 6) is 0.663. The van der Waals surface area contributed by atoms with E-state index in [2.05, 4.69) is 27.7 Å². The Morgan fingerprint density at radius 3 is 2.39 bits per heavy atom. The fraction of sp³-hybridized carbons (Fsp3) is 0.364. The number of amides is 1. The molecule has 4 rings (SSSR count). The summed E-state index contributed by atoms with van der Waals surface area (Å²) in [7, 11) is 4.08. The molecule has 1 aromatic carbocycles. The van der Waals surface area contributed by atoms with Gasteiger partial charge >= 0.3 is 0 Å². The number of aromatic nitrogens is 1. The Bertz CT molecular complexity index is 1110. The third kappa shape index (κ3) is 4.87. The Kier molecular flexibility index (Phi) is 6.82. The number of anilines is 2. The van der Waals surface area contributed by atoms with E-state index in [0.29, 0.717) is 15.3 Å². The van der Waals surface area contributed by atoms with Crippen molar-refractivity contribution in [3.8, 4) is 0 Å².